The topological polar surface area (TPSA) is 71.4 Å². The third kappa shape index (κ3) is 5.13. The summed E-state index contributed by atoms with van der Waals surface area (Å²) >= 11 is 5.82. The maximum Gasteiger partial charge on any atom is 0.226 e. The zero-order chi connectivity index (χ0) is 26.5. The number of methoxy groups -OCH3 is 1. The first-order valence-corrected chi connectivity index (χ1v) is 13.2. The molecule has 3 heterocycles. The van der Waals surface area contributed by atoms with Crippen molar-refractivity contribution in [2.45, 2.75) is 31.8 Å². The second-order valence-electron chi connectivity index (χ2n) is 9.10. The van der Waals surface area contributed by atoms with Crippen LogP contribution in [0.3, 0.4) is 0 Å². The Labute approximate surface area is 228 Å². The van der Waals surface area contributed by atoms with Crippen molar-refractivity contribution in [3.63, 3.8) is 0 Å². The first-order chi connectivity index (χ1) is 18.6. The summed E-state index contributed by atoms with van der Waals surface area (Å²) < 4.78 is 7.78. The van der Waals surface area contributed by atoms with Gasteiger partial charge in [-0.15, -0.1) is 0 Å². The number of ether oxygens (including phenoxy) is 1. The van der Waals surface area contributed by atoms with Crippen LogP contribution in [0, 0.1) is 0 Å². The monoisotopic (exact) mass is 525 g/mol. The molecule has 1 saturated heterocycles. The zero-order valence-corrected chi connectivity index (χ0v) is 22.3. The molecule has 5 rings (SSSR count). The Morgan fingerprint density at radius 3 is 2.63 bits per heavy atom. The normalized spacial score (nSPS) is 16.8. The Balaban J connectivity index is 1.46. The Hall–Kier alpha value is -4.17. The number of amides is 1. The molecule has 1 aliphatic heterocycles. The van der Waals surface area contributed by atoms with E-state index in [0.717, 1.165) is 40.5 Å². The fourth-order valence-corrected chi connectivity index (χ4v) is 5.37. The number of anilines is 1. The number of aromatic nitrogens is 2. The van der Waals surface area contributed by atoms with Crippen molar-refractivity contribution < 1.29 is 9.53 Å². The summed E-state index contributed by atoms with van der Waals surface area (Å²) in [5.41, 5.74) is 4.81. The number of hydrogen-bond acceptors (Lipinski definition) is 4. The molecule has 38 heavy (non-hydrogen) atoms. The summed E-state index contributed by atoms with van der Waals surface area (Å²) in [6, 6.07) is 25.4. The second kappa shape index (κ2) is 11.5. The van der Waals surface area contributed by atoms with Crippen LogP contribution in [-0.4, -0.2) is 39.1 Å². The maximum absolute atomic E-state index is 13.0. The molecule has 7 nitrogen and oxygen atoms in total. The predicted octanol–water partition coefficient (Wildman–Crippen LogP) is 5.44. The Bertz CT molecular complexity index is 1420. The van der Waals surface area contributed by atoms with Crippen molar-refractivity contribution in [2.24, 2.45) is 0 Å². The molecule has 8 heteroatoms. The predicted molar refractivity (Wildman–Crippen MR) is 154 cm³/mol. The molecule has 194 valence electrons. The van der Waals surface area contributed by atoms with Crippen molar-refractivity contribution >= 4 is 28.9 Å². The largest absolute Gasteiger partial charge is 0.495 e. The lowest BCUT2D eigenvalue weighted by atomic mass is 10.0. The van der Waals surface area contributed by atoms with Gasteiger partial charge in [0.1, 0.15) is 5.75 Å². The van der Waals surface area contributed by atoms with E-state index in [1.807, 2.05) is 79.0 Å². The highest BCUT2D eigenvalue weighted by Crippen LogP contribution is 2.40. The average Bonchev–Trinajstić information content (AvgIpc) is 3.56. The molecular weight excluding hydrogens is 494 g/mol. The molecule has 1 aliphatic rings. The number of benzene rings is 2. The van der Waals surface area contributed by atoms with Crippen LogP contribution in [0.15, 0.2) is 91.3 Å². The van der Waals surface area contributed by atoms with Crippen molar-refractivity contribution in [1.82, 2.24) is 19.8 Å². The van der Waals surface area contributed by atoms with Crippen molar-refractivity contribution in [3.05, 3.63) is 108 Å². The standard InChI is InChI=1S/C30H31N5O2S/c1-3-21-11-4-5-12-22(21)32-27(36)17-20-35-29(28(33-30(35)38)23-13-8-9-18-31-23)25-15-10-19-34(25)24-14-6-7-16-26(24)37-2/h4-16,18-19,28-29H,3,17,20H2,1-2H3,(H,32,36)(H,33,38)/t28-,29-/m1/s1. The highest BCUT2D eigenvalue weighted by Gasteiger charge is 2.41. The van der Waals surface area contributed by atoms with E-state index in [9.17, 15) is 4.79 Å². The number of para-hydroxylation sites is 3. The Morgan fingerprint density at radius 2 is 1.84 bits per heavy atom. The molecule has 4 aromatic rings. The molecule has 0 unspecified atom stereocenters. The number of nitrogens with one attached hydrogen (secondary N) is 2. The smallest absolute Gasteiger partial charge is 0.226 e. The van der Waals surface area contributed by atoms with Crippen molar-refractivity contribution in [1.29, 1.82) is 0 Å². The maximum atomic E-state index is 13.0. The van der Waals surface area contributed by atoms with E-state index in [-0.39, 0.29) is 18.0 Å². The van der Waals surface area contributed by atoms with Crippen LogP contribution in [0.4, 0.5) is 5.69 Å². The number of hydrogen-bond donors (Lipinski definition) is 2. The van der Waals surface area contributed by atoms with Crippen LogP contribution in [-0.2, 0) is 11.2 Å². The minimum Gasteiger partial charge on any atom is -0.495 e. The summed E-state index contributed by atoms with van der Waals surface area (Å²) in [4.78, 5) is 19.8. The van der Waals surface area contributed by atoms with Crippen molar-refractivity contribution in [3.8, 4) is 11.4 Å². The summed E-state index contributed by atoms with van der Waals surface area (Å²) in [7, 11) is 1.67. The lowest BCUT2D eigenvalue weighted by Crippen LogP contribution is -2.33. The first kappa shape index (κ1) is 25.5. The summed E-state index contributed by atoms with van der Waals surface area (Å²) in [6.45, 7) is 2.54. The Morgan fingerprint density at radius 1 is 1.05 bits per heavy atom. The van der Waals surface area contributed by atoms with E-state index in [1.54, 1.807) is 13.3 Å². The van der Waals surface area contributed by atoms with Gasteiger partial charge in [-0.2, -0.15) is 0 Å². The fraction of sp³-hybridized carbons (Fsp3) is 0.233. The zero-order valence-electron chi connectivity index (χ0n) is 21.5. The van der Waals surface area contributed by atoms with Gasteiger partial charge >= 0.3 is 0 Å². The van der Waals surface area contributed by atoms with Crippen LogP contribution in [0.5, 0.6) is 5.75 Å². The number of pyridine rings is 1. The lowest BCUT2D eigenvalue weighted by molar-refractivity contribution is -0.116. The van der Waals surface area contributed by atoms with Crippen LogP contribution in [0.1, 0.15) is 42.4 Å². The second-order valence-corrected chi connectivity index (χ2v) is 9.49. The average molecular weight is 526 g/mol. The molecule has 2 N–H and O–H groups in total. The number of aryl methyl sites for hydroxylation is 1. The number of rotatable bonds is 9. The number of thiocarbonyl (C=S) groups is 1. The third-order valence-corrected chi connectivity index (χ3v) is 7.23. The van der Waals surface area contributed by atoms with Gasteiger partial charge in [-0.3, -0.25) is 9.78 Å². The molecule has 2 aromatic heterocycles. The van der Waals surface area contributed by atoms with E-state index in [1.165, 1.54) is 0 Å². The number of nitrogens with zero attached hydrogens (tertiary/aromatic N) is 3. The van der Waals surface area contributed by atoms with E-state index >= 15 is 0 Å². The molecule has 0 aliphatic carbocycles. The van der Waals surface area contributed by atoms with E-state index in [4.69, 9.17) is 17.0 Å². The van der Waals surface area contributed by atoms with Crippen molar-refractivity contribution in [2.75, 3.05) is 19.0 Å². The molecule has 0 radical (unpaired) electrons. The summed E-state index contributed by atoms with van der Waals surface area (Å²) in [6.07, 6.45) is 4.96. The molecular formula is C30H31N5O2S. The van der Waals surface area contributed by atoms with Gasteiger partial charge in [-0.1, -0.05) is 43.3 Å². The SMILES string of the molecule is CCc1ccccc1NC(=O)CCN1C(=S)N[C@H](c2ccccn2)[C@H]1c1cccn1-c1ccccc1OC. The van der Waals surface area contributed by atoms with Crippen LogP contribution < -0.4 is 15.4 Å². The van der Waals surface area contributed by atoms with Gasteiger partial charge in [-0.25, -0.2) is 0 Å². The first-order valence-electron chi connectivity index (χ1n) is 12.8. The third-order valence-electron chi connectivity index (χ3n) is 6.88. The molecule has 0 saturated carbocycles. The van der Waals surface area contributed by atoms with Crippen LogP contribution in [0.2, 0.25) is 0 Å². The highest BCUT2D eigenvalue weighted by molar-refractivity contribution is 7.80. The molecule has 2 atom stereocenters. The minimum absolute atomic E-state index is 0.0474. The van der Waals surface area contributed by atoms with Gasteiger partial charge in [0.25, 0.3) is 0 Å². The molecule has 0 spiro atoms. The number of carbonyl (C=O) groups is 1. The summed E-state index contributed by atoms with van der Waals surface area (Å²) in [5.74, 6) is 0.724. The van der Waals surface area contributed by atoms with Gasteiger partial charge in [0.05, 0.1) is 30.6 Å². The van der Waals surface area contributed by atoms with Gasteiger partial charge in [-0.05, 0) is 66.7 Å². The van der Waals surface area contributed by atoms with Gasteiger partial charge in [0, 0.05) is 36.7 Å². The molecule has 1 amide bonds. The Kier molecular flexibility index (Phi) is 7.70. The molecule has 0 bridgehead atoms. The van der Waals surface area contributed by atoms with Gasteiger partial charge in [0.15, 0.2) is 5.11 Å². The molecule has 2 aromatic carbocycles. The van der Waals surface area contributed by atoms with Crippen LogP contribution >= 0.6 is 12.2 Å². The van der Waals surface area contributed by atoms with Crippen LogP contribution in [0.25, 0.3) is 5.69 Å². The van der Waals surface area contributed by atoms with E-state index in [2.05, 4.69) is 38.1 Å². The van der Waals surface area contributed by atoms with E-state index in [0.29, 0.717) is 18.1 Å². The fourth-order valence-electron chi connectivity index (χ4n) is 5.04. The lowest BCUT2D eigenvalue weighted by Gasteiger charge is -2.29. The highest BCUT2D eigenvalue weighted by atomic mass is 32.1. The van der Waals surface area contributed by atoms with E-state index < -0.39 is 0 Å². The quantitative estimate of drug-likeness (QED) is 0.284. The van der Waals surface area contributed by atoms with Gasteiger partial charge < -0.3 is 24.8 Å². The molecule has 1 fully saturated rings. The summed E-state index contributed by atoms with van der Waals surface area (Å²) in [5, 5.41) is 7.16. The number of carbonyl (C=O) groups excluding carboxylic acids is 1. The minimum atomic E-state index is -0.187. The van der Waals surface area contributed by atoms with Gasteiger partial charge in [0.2, 0.25) is 5.91 Å².